The Bertz CT molecular complexity index is 674. The molecule has 0 aliphatic heterocycles. The van der Waals surface area contributed by atoms with Crippen molar-refractivity contribution in [2.24, 2.45) is 0 Å². The van der Waals surface area contributed by atoms with Crippen molar-refractivity contribution in [3.63, 3.8) is 0 Å². The van der Waals surface area contributed by atoms with Crippen molar-refractivity contribution in [3.05, 3.63) is 60.7 Å². The van der Waals surface area contributed by atoms with E-state index in [1.165, 1.54) is 0 Å². The second kappa shape index (κ2) is 8.67. The number of hydrogen-bond donors (Lipinski definition) is 2. The Hall–Kier alpha value is -1.89. The highest BCUT2D eigenvalue weighted by molar-refractivity contribution is 7.91. The number of aliphatic hydroxyl groups is 1. The molecule has 0 aliphatic rings. The highest BCUT2D eigenvalue weighted by Crippen LogP contribution is 2.09. The van der Waals surface area contributed by atoms with Crippen LogP contribution in [0.15, 0.2) is 65.6 Å². The normalized spacial score (nSPS) is 12.7. The number of hydrogen-bond acceptors (Lipinski definition) is 5. The molecule has 0 radical (unpaired) electrons. The molecule has 0 fully saturated rings. The molecular formula is C17H21NO4S. The maximum Gasteiger partial charge on any atom is 0.179 e. The summed E-state index contributed by atoms with van der Waals surface area (Å²) in [5, 5.41) is 12.8. The van der Waals surface area contributed by atoms with E-state index in [4.69, 9.17) is 4.74 Å². The molecule has 0 bridgehead atoms. The lowest BCUT2D eigenvalue weighted by Crippen LogP contribution is -2.34. The summed E-state index contributed by atoms with van der Waals surface area (Å²) in [7, 11) is -3.29. The molecule has 0 heterocycles. The maximum absolute atomic E-state index is 12.1. The van der Waals surface area contributed by atoms with Crippen LogP contribution in [0.5, 0.6) is 5.75 Å². The lowest BCUT2D eigenvalue weighted by Gasteiger charge is -2.13. The average molecular weight is 335 g/mol. The minimum atomic E-state index is -3.29. The number of rotatable bonds is 9. The third-order valence-electron chi connectivity index (χ3n) is 3.22. The first kappa shape index (κ1) is 17.5. The second-order valence-corrected chi connectivity index (χ2v) is 7.22. The van der Waals surface area contributed by atoms with Crippen molar-refractivity contribution < 1.29 is 18.3 Å². The maximum atomic E-state index is 12.1. The number of aliphatic hydroxyl groups excluding tert-OH is 1. The lowest BCUT2D eigenvalue weighted by molar-refractivity contribution is 0.107. The second-order valence-electron chi connectivity index (χ2n) is 5.11. The zero-order chi connectivity index (χ0) is 16.5. The first-order chi connectivity index (χ1) is 11.1. The van der Waals surface area contributed by atoms with Gasteiger partial charge in [-0.05, 0) is 24.3 Å². The first-order valence-corrected chi connectivity index (χ1v) is 9.07. The third-order valence-corrected chi connectivity index (χ3v) is 4.95. The summed E-state index contributed by atoms with van der Waals surface area (Å²) in [5.74, 6) is 0.682. The molecule has 5 nitrogen and oxygen atoms in total. The van der Waals surface area contributed by atoms with Gasteiger partial charge in [-0.1, -0.05) is 36.4 Å². The lowest BCUT2D eigenvalue weighted by atomic mass is 10.3. The summed E-state index contributed by atoms with van der Waals surface area (Å²) in [4.78, 5) is 0.315. The van der Waals surface area contributed by atoms with Gasteiger partial charge in [-0.15, -0.1) is 0 Å². The molecule has 0 saturated carbocycles. The molecule has 2 N–H and O–H groups in total. The molecule has 2 aromatic rings. The molecule has 0 spiro atoms. The molecule has 23 heavy (non-hydrogen) atoms. The molecule has 2 rings (SSSR count). The van der Waals surface area contributed by atoms with Crippen molar-refractivity contribution in [3.8, 4) is 5.75 Å². The smallest absolute Gasteiger partial charge is 0.179 e. The van der Waals surface area contributed by atoms with Crippen LogP contribution in [0.25, 0.3) is 0 Å². The zero-order valence-electron chi connectivity index (χ0n) is 12.8. The number of benzene rings is 2. The minimum Gasteiger partial charge on any atom is -0.491 e. The zero-order valence-corrected chi connectivity index (χ0v) is 13.6. The van der Waals surface area contributed by atoms with Crippen molar-refractivity contribution in [2.45, 2.75) is 11.0 Å². The number of sulfone groups is 1. The van der Waals surface area contributed by atoms with Crippen molar-refractivity contribution in [1.82, 2.24) is 5.32 Å². The van der Waals surface area contributed by atoms with Crippen molar-refractivity contribution in [1.29, 1.82) is 0 Å². The topological polar surface area (TPSA) is 75.6 Å². The summed E-state index contributed by atoms with van der Waals surface area (Å²) in [5.41, 5.74) is 0. The fourth-order valence-electron chi connectivity index (χ4n) is 1.99. The van der Waals surface area contributed by atoms with E-state index in [0.29, 0.717) is 10.6 Å². The van der Waals surface area contributed by atoms with Crippen LogP contribution in [0, 0.1) is 0 Å². The summed E-state index contributed by atoms with van der Waals surface area (Å²) in [6, 6.07) is 17.6. The predicted octanol–water partition coefficient (Wildman–Crippen LogP) is 1.49. The Labute approximate surface area is 136 Å². The molecule has 0 saturated heterocycles. The fraction of sp³-hybridized carbons (Fsp3) is 0.294. The standard InChI is InChI=1S/C17H21NO4S/c19-15(14-22-16-7-3-1-4-8-16)13-18-11-12-23(20,21)17-9-5-2-6-10-17/h1-10,15,18-19H,11-14H2/t15-/m1/s1. The number of ether oxygens (including phenoxy) is 1. The molecule has 124 valence electrons. The summed E-state index contributed by atoms with van der Waals surface area (Å²) < 4.78 is 29.5. The minimum absolute atomic E-state index is 0.0106. The summed E-state index contributed by atoms with van der Waals surface area (Å²) in [6.45, 7) is 0.708. The van der Waals surface area contributed by atoms with E-state index in [2.05, 4.69) is 5.32 Å². The highest BCUT2D eigenvalue weighted by atomic mass is 32.2. The molecule has 0 aliphatic carbocycles. The summed E-state index contributed by atoms with van der Waals surface area (Å²) in [6.07, 6.45) is -0.699. The van der Waals surface area contributed by atoms with E-state index in [1.807, 2.05) is 30.3 Å². The Morgan fingerprint density at radius 1 is 1.00 bits per heavy atom. The van der Waals surface area contributed by atoms with Gasteiger partial charge >= 0.3 is 0 Å². The van der Waals surface area contributed by atoms with E-state index in [0.717, 1.165) is 0 Å². The average Bonchev–Trinajstić information content (AvgIpc) is 2.59. The third kappa shape index (κ3) is 6.02. The molecule has 0 amide bonds. The molecule has 0 aromatic heterocycles. The van der Waals surface area contributed by atoms with E-state index in [-0.39, 0.29) is 25.4 Å². The number of para-hydroxylation sites is 1. The van der Waals surface area contributed by atoms with Crippen LogP contribution < -0.4 is 10.1 Å². The molecule has 1 atom stereocenters. The molecular weight excluding hydrogens is 314 g/mol. The largest absolute Gasteiger partial charge is 0.491 e. The van der Waals surface area contributed by atoms with Crippen molar-refractivity contribution in [2.75, 3.05) is 25.4 Å². The van der Waals surface area contributed by atoms with E-state index in [9.17, 15) is 13.5 Å². The van der Waals surface area contributed by atoms with Gasteiger partial charge in [-0.2, -0.15) is 0 Å². The van der Waals surface area contributed by atoms with Gasteiger partial charge in [0.15, 0.2) is 9.84 Å². The fourth-order valence-corrected chi connectivity index (χ4v) is 3.21. The first-order valence-electron chi connectivity index (χ1n) is 7.42. The highest BCUT2D eigenvalue weighted by Gasteiger charge is 2.13. The monoisotopic (exact) mass is 335 g/mol. The van der Waals surface area contributed by atoms with Gasteiger partial charge in [0, 0.05) is 13.1 Å². The molecule has 6 heteroatoms. The van der Waals surface area contributed by atoms with Gasteiger partial charge in [-0.3, -0.25) is 0 Å². The Morgan fingerprint density at radius 2 is 1.61 bits per heavy atom. The van der Waals surface area contributed by atoms with Gasteiger partial charge in [0.25, 0.3) is 0 Å². The van der Waals surface area contributed by atoms with E-state index in [1.54, 1.807) is 30.3 Å². The van der Waals surface area contributed by atoms with Crippen LogP contribution in [0.1, 0.15) is 0 Å². The van der Waals surface area contributed by atoms with Crippen LogP contribution in [0.4, 0.5) is 0 Å². The Balaban J connectivity index is 1.67. The number of nitrogens with one attached hydrogen (secondary N) is 1. The molecule has 0 unspecified atom stereocenters. The van der Waals surface area contributed by atoms with Crippen LogP contribution in [0.2, 0.25) is 0 Å². The quantitative estimate of drug-likeness (QED) is 0.679. The predicted molar refractivity (Wildman–Crippen MR) is 89.3 cm³/mol. The van der Waals surface area contributed by atoms with Gasteiger partial charge in [0.2, 0.25) is 0 Å². The Morgan fingerprint density at radius 3 is 2.26 bits per heavy atom. The van der Waals surface area contributed by atoms with E-state index < -0.39 is 15.9 Å². The van der Waals surface area contributed by atoms with Gasteiger partial charge in [0.1, 0.15) is 18.5 Å². The van der Waals surface area contributed by atoms with Crippen LogP contribution in [-0.4, -0.2) is 45.1 Å². The molecule has 2 aromatic carbocycles. The van der Waals surface area contributed by atoms with Gasteiger partial charge in [-0.25, -0.2) is 8.42 Å². The SMILES string of the molecule is O=S(=O)(CCNC[C@@H](O)COc1ccccc1)c1ccccc1. The van der Waals surface area contributed by atoms with Crippen LogP contribution in [-0.2, 0) is 9.84 Å². The van der Waals surface area contributed by atoms with Gasteiger partial charge < -0.3 is 15.2 Å². The van der Waals surface area contributed by atoms with Gasteiger partial charge in [0.05, 0.1) is 10.6 Å². The van der Waals surface area contributed by atoms with E-state index >= 15 is 0 Å². The van der Waals surface area contributed by atoms with Crippen molar-refractivity contribution >= 4 is 9.84 Å². The summed E-state index contributed by atoms with van der Waals surface area (Å²) >= 11 is 0. The Kier molecular flexibility index (Phi) is 6.58. The van der Waals surface area contributed by atoms with Crippen LogP contribution >= 0.6 is 0 Å². The van der Waals surface area contributed by atoms with Crippen LogP contribution in [0.3, 0.4) is 0 Å².